The zero-order valence-electron chi connectivity index (χ0n) is 9.16. The highest BCUT2D eigenvalue weighted by Gasteiger charge is 2.11. The average molecular weight is 312 g/mol. The molecular weight excluding hydrogens is 304 g/mol. The molecule has 2 rings (SSSR count). The quantitative estimate of drug-likeness (QED) is 0.811. The number of carbonyl (C=O) groups excluding carboxylic acids is 1. The number of hydrogen-bond donors (Lipinski definition) is 0. The number of nitrogens with zero attached hydrogens (tertiary/aromatic N) is 1. The summed E-state index contributed by atoms with van der Waals surface area (Å²) < 4.78 is 27.0. The average Bonchev–Trinajstić information content (AvgIpc) is 2.32. The van der Waals surface area contributed by atoms with Gasteiger partial charge in [-0.25, -0.2) is 8.78 Å². The van der Waals surface area contributed by atoms with Crippen LogP contribution in [0.1, 0.15) is 15.9 Å². The molecule has 0 saturated heterocycles. The number of hydrogen-bond acceptors (Lipinski definition) is 2. The number of Topliss-reactive ketones (excluding diaryl/α,β-unsaturated/α-hetero) is 1. The van der Waals surface area contributed by atoms with Crippen molar-refractivity contribution in [3.05, 3.63) is 63.9 Å². The van der Waals surface area contributed by atoms with E-state index in [4.69, 9.17) is 0 Å². The first-order valence-electron chi connectivity index (χ1n) is 5.14. The zero-order valence-corrected chi connectivity index (χ0v) is 10.7. The predicted octanol–water partition coefficient (Wildman–Crippen LogP) is 3.55. The minimum atomic E-state index is -0.586. The molecule has 92 valence electrons. The number of benzene rings is 1. The Morgan fingerprint density at radius 3 is 2.67 bits per heavy atom. The van der Waals surface area contributed by atoms with E-state index in [1.165, 1.54) is 18.3 Å². The molecule has 0 N–H and O–H groups in total. The Bertz CT molecular complexity index is 601. The second-order valence-corrected chi connectivity index (χ2v) is 4.64. The Morgan fingerprint density at radius 2 is 2.00 bits per heavy atom. The van der Waals surface area contributed by atoms with Crippen LogP contribution in [0.2, 0.25) is 0 Å². The fraction of sp³-hybridized carbons (Fsp3) is 0.0769. The Balaban J connectivity index is 2.21. The summed E-state index contributed by atoms with van der Waals surface area (Å²) >= 11 is 3.13. The molecule has 0 bridgehead atoms. The topological polar surface area (TPSA) is 30.0 Å². The van der Waals surface area contributed by atoms with Gasteiger partial charge in [0, 0.05) is 22.7 Å². The minimum absolute atomic E-state index is 0.121. The standard InChI is InChI=1S/C13H8BrF2NO/c14-10-2-1-8(12(16)5-10)4-13(18)9-3-11(15)7-17-6-9/h1-3,5-7H,4H2. The van der Waals surface area contributed by atoms with Crippen LogP contribution in [-0.4, -0.2) is 10.8 Å². The van der Waals surface area contributed by atoms with Crippen molar-refractivity contribution in [3.8, 4) is 0 Å². The summed E-state index contributed by atoms with van der Waals surface area (Å²) in [5, 5.41) is 0. The second kappa shape index (κ2) is 5.35. The van der Waals surface area contributed by atoms with E-state index in [0.717, 1.165) is 12.3 Å². The lowest BCUT2D eigenvalue weighted by atomic mass is 10.0. The van der Waals surface area contributed by atoms with Gasteiger partial charge in [0.25, 0.3) is 0 Å². The molecule has 0 spiro atoms. The summed E-state index contributed by atoms with van der Waals surface area (Å²) in [5.74, 6) is -1.43. The third-order valence-corrected chi connectivity index (χ3v) is 2.89. The van der Waals surface area contributed by atoms with Crippen molar-refractivity contribution < 1.29 is 13.6 Å². The van der Waals surface area contributed by atoms with E-state index in [9.17, 15) is 13.6 Å². The lowest BCUT2D eigenvalue weighted by Crippen LogP contribution is -2.06. The fourth-order valence-corrected chi connectivity index (χ4v) is 1.84. The van der Waals surface area contributed by atoms with Gasteiger partial charge in [-0.15, -0.1) is 0 Å². The molecule has 2 nitrogen and oxygen atoms in total. The molecule has 1 aromatic heterocycles. The van der Waals surface area contributed by atoms with E-state index in [0.29, 0.717) is 4.47 Å². The van der Waals surface area contributed by atoms with Crippen molar-refractivity contribution in [2.75, 3.05) is 0 Å². The van der Waals surface area contributed by atoms with Crippen LogP contribution in [0.3, 0.4) is 0 Å². The van der Waals surface area contributed by atoms with Gasteiger partial charge in [-0.3, -0.25) is 9.78 Å². The summed E-state index contributed by atoms with van der Waals surface area (Å²) in [7, 11) is 0. The van der Waals surface area contributed by atoms with E-state index >= 15 is 0 Å². The maximum atomic E-state index is 13.5. The highest BCUT2D eigenvalue weighted by Crippen LogP contribution is 2.17. The van der Waals surface area contributed by atoms with Crippen molar-refractivity contribution in [1.29, 1.82) is 0 Å². The van der Waals surface area contributed by atoms with Gasteiger partial charge in [0.05, 0.1) is 6.20 Å². The smallest absolute Gasteiger partial charge is 0.168 e. The number of aromatic nitrogens is 1. The first-order valence-corrected chi connectivity index (χ1v) is 5.93. The highest BCUT2D eigenvalue weighted by molar-refractivity contribution is 9.10. The number of halogens is 3. The molecule has 0 radical (unpaired) electrons. The molecule has 1 heterocycles. The number of rotatable bonds is 3. The predicted molar refractivity (Wildman–Crippen MR) is 66.3 cm³/mol. The van der Waals surface area contributed by atoms with Gasteiger partial charge in [0.2, 0.25) is 0 Å². The second-order valence-electron chi connectivity index (χ2n) is 3.73. The maximum absolute atomic E-state index is 13.5. The van der Waals surface area contributed by atoms with Gasteiger partial charge >= 0.3 is 0 Å². The van der Waals surface area contributed by atoms with Crippen LogP contribution in [0, 0.1) is 11.6 Å². The van der Waals surface area contributed by atoms with Crippen LogP contribution in [0.15, 0.2) is 41.1 Å². The van der Waals surface area contributed by atoms with Crippen molar-refractivity contribution in [3.63, 3.8) is 0 Å². The number of ketones is 1. The van der Waals surface area contributed by atoms with E-state index < -0.39 is 11.6 Å². The molecule has 1 aromatic carbocycles. The maximum Gasteiger partial charge on any atom is 0.168 e. The molecule has 0 unspecified atom stereocenters. The summed E-state index contributed by atoms with van der Waals surface area (Å²) in [6.45, 7) is 0. The minimum Gasteiger partial charge on any atom is -0.294 e. The summed E-state index contributed by atoms with van der Waals surface area (Å²) in [5.41, 5.74) is 0.407. The summed E-state index contributed by atoms with van der Waals surface area (Å²) in [6.07, 6.45) is 2.16. The molecule has 5 heteroatoms. The molecule has 18 heavy (non-hydrogen) atoms. The van der Waals surface area contributed by atoms with Gasteiger partial charge in [-0.2, -0.15) is 0 Å². The number of carbonyl (C=O) groups is 1. The Morgan fingerprint density at radius 1 is 1.22 bits per heavy atom. The molecule has 0 aliphatic rings. The van der Waals surface area contributed by atoms with E-state index in [1.807, 2.05) is 0 Å². The molecular formula is C13H8BrF2NO. The third kappa shape index (κ3) is 2.98. The van der Waals surface area contributed by atoms with E-state index in [-0.39, 0.29) is 23.3 Å². The van der Waals surface area contributed by atoms with Crippen molar-refractivity contribution in [1.82, 2.24) is 4.98 Å². The summed E-state index contributed by atoms with van der Waals surface area (Å²) in [6, 6.07) is 5.54. The molecule has 0 aliphatic carbocycles. The lowest BCUT2D eigenvalue weighted by Gasteiger charge is -2.03. The molecule has 0 aliphatic heterocycles. The Hall–Kier alpha value is -1.62. The monoisotopic (exact) mass is 311 g/mol. The van der Waals surface area contributed by atoms with Gasteiger partial charge < -0.3 is 0 Å². The van der Waals surface area contributed by atoms with E-state index in [1.54, 1.807) is 6.07 Å². The van der Waals surface area contributed by atoms with Crippen LogP contribution < -0.4 is 0 Å². The lowest BCUT2D eigenvalue weighted by molar-refractivity contribution is 0.0991. The van der Waals surface area contributed by atoms with Crippen LogP contribution in [0.4, 0.5) is 8.78 Å². The molecule has 0 amide bonds. The molecule has 0 saturated carbocycles. The molecule has 2 aromatic rings. The first kappa shape index (κ1) is 12.8. The zero-order chi connectivity index (χ0) is 13.1. The highest BCUT2D eigenvalue weighted by atomic mass is 79.9. The van der Waals surface area contributed by atoms with Crippen LogP contribution in [0.25, 0.3) is 0 Å². The number of pyridine rings is 1. The fourth-order valence-electron chi connectivity index (χ4n) is 1.50. The SMILES string of the molecule is O=C(Cc1ccc(Br)cc1F)c1cncc(F)c1. The van der Waals surface area contributed by atoms with Gasteiger partial charge in [0.1, 0.15) is 11.6 Å². The van der Waals surface area contributed by atoms with Gasteiger partial charge in [-0.1, -0.05) is 22.0 Å². The van der Waals surface area contributed by atoms with Crippen molar-refractivity contribution >= 4 is 21.7 Å². The Labute approximate surface area is 111 Å². The van der Waals surface area contributed by atoms with Crippen LogP contribution in [0.5, 0.6) is 0 Å². The largest absolute Gasteiger partial charge is 0.294 e. The van der Waals surface area contributed by atoms with Crippen LogP contribution in [-0.2, 0) is 6.42 Å². The van der Waals surface area contributed by atoms with Gasteiger partial charge in [-0.05, 0) is 23.8 Å². The van der Waals surface area contributed by atoms with E-state index in [2.05, 4.69) is 20.9 Å². The normalized spacial score (nSPS) is 10.4. The van der Waals surface area contributed by atoms with Crippen LogP contribution >= 0.6 is 15.9 Å². The van der Waals surface area contributed by atoms with Crippen molar-refractivity contribution in [2.45, 2.75) is 6.42 Å². The van der Waals surface area contributed by atoms with Crippen molar-refractivity contribution in [2.24, 2.45) is 0 Å². The Kier molecular flexibility index (Phi) is 3.81. The third-order valence-electron chi connectivity index (χ3n) is 2.39. The first-order chi connectivity index (χ1) is 8.56. The summed E-state index contributed by atoms with van der Waals surface area (Å²) in [4.78, 5) is 15.4. The molecule has 0 fully saturated rings. The van der Waals surface area contributed by atoms with Gasteiger partial charge in [0.15, 0.2) is 5.78 Å². The molecule has 0 atom stereocenters.